The maximum atomic E-state index is 12.8. The number of fused-ring (bicyclic) bond motifs is 1. The van der Waals surface area contributed by atoms with Gasteiger partial charge in [-0.05, 0) is 72.3 Å². The number of aromatic amines is 1. The Hall–Kier alpha value is -3.49. The Morgan fingerprint density at radius 3 is 2.09 bits per heavy atom. The minimum absolute atomic E-state index is 0.202. The minimum atomic E-state index is -4.76. The number of benzene rings is 3. The molecular weight excluding hydrogens is 447 g/mol. The van der Waals surface area contributed by atoms with Gasteiger partial charge in [-0.1, -0.05) is 11.6 Å². The maximum Gasteiger partial charge on any atom is 0.573 e. The molecule has 0 unspecified atom stereocenters. The van der Waals surface area contributed by atoms with Crippen molar-refractivity contribution in [1.82, 2.24) is 4.98 Å². The summed E-state index contributed by atoms with van der Waals surface area (Å²) in [5.41, 5.74) is 1.57. The predicted molar refractivity (Wildman–Crippen MR) is 114 cm³/mol. The SMILES string of the molecule is O=c1c(CO)c(-c2ccc(Oc3ccc(OC(F)(F)F)cc3)cc2)[nH]c2ccc(Cl)cc12. The van der Waals surface area contributed by atoms with Gasteiger partial charge in [0.2, 0.25) is 0 Å². The number of ether oxygens (including phenoxy) is 2. The second-order valence-electron chi connectivity index (χ2n) is 6.80. The fourth-order valence-corrected chi connectivity index (χ4v) is 3.40. The Bertz CT molecular complexity index is 1320. The third kappa shape index (κ3) is 4.71. The number of hydrogen-bond acceptors (Lipinski definition) is 4. The third-order valence-corrected chi connectivity index (χ3v) is 4.89. The van der Waals surface area contributed by atoms with E-state index in [-0.39, 0.29) is 16.7 Å². The molecule has 2 N–H and O–H groups in total. The lowest BCUT2D eigenvalue weighted by Gasteiger charge is -2.12. The first kappa shape index (κ1) is 21.7. The van der Waals surface area contributed by atoms with Gasteiger partial charge < -0.3 is 19.6 Å². The van der Waals surface area contributed by atoms with E-state index in [0.29, 0.717) is 38.7 Å². The number of aliphatic hydroxyl groups excluding tert-OH is 1. The largest absolute Gasteiger partial charge is 0.573 e. The quantitative estimate of drug-likeness (QED) is 0.380. The molecule has 1 heterocycles. The molecule has 5 nitrogen and oxygen atoms in total. The van der Waals surface area contributed by atoms with Crippen molar-refractivity contribution in [3.63, 3.8) is 0 Å². The van der Waals surface area contributed by atoms with Crippen molar-refractivity contribution in [2.24, 2.45) is 0 Å². The summed E-state index contributed by atoms with van der Waals surface area (Å²) < 4.78 is 46.2. The van der Waals surface area contributed by atoms with Crippen LogP contribution in [0, 0.1) is 0 Å². The molecule has 0 aliphatic carbocycles. The number of aliphatic hydroxyl groups is 1. The van der Waals surface area contributed by atoms with E-state index in [1.807, 2.05) is 0 Å². The molecule has 0 atom stereocenters. The standard InChI is InChI=1S/C23H15ClF3NO4/c24-14-3-10-20-18(11-14)22(30)19(12-29)21(28-20)13-1-4-15(5-2-13)31-16-6-8-17(9-7-16)32-23(25,26)27/h1-11,29H,12H2,(H,28,30). The van der Waals surface area contributed by atoms with Crippen molar-refractivity contribution in [1.29, 1.82) is 0 Å². The molecule has 1 aromatic heterocycles. The Morgan fingerprint density at radius 1 is 0.906 bits per heavy atom. The summed E-state index contributed by atoms with van der Waals surface area (Å²) in [6.45, 7) is -0.461. The van der Waals surface area contributed by atoms with Gasteiger partial charge in [0, 0.05) is 21.5 Å². The van der Waals surface area contributed by atoms with Crippen molar-refractivity contribution in [2.45, 2.75) is 13.0 Å². The Balaban J connectivity index is 1.59. The maximum absolute atomic E-state index is 12.8. The molecule has 32 heavy (non-hydrogen) atoms. The van der Waals surface area contributed by atoms with Crippen LogP contribution in [0.3, 0.4) is 0 Å². The minimum Gasteiger partial charge on any atom is -0.457 e. The Labute approximate surface area is 184 Å². The summed E-state index contributed by atoms with van der Waals surface area (Å²) in [7, 11) is 0. The van der Waals surface area contributed by atoms with Gasteiger partial charge in [-0.3, -0.25) is 4.79 Å². The molecule has 0 fully saturated rings. The molecular formula is C23H15ClF3NO4. The van der Waals surface area contributed by atoms with Crippen LogP contribution in [0.5, 0.6) is 17.2 Å². The number of halogens is 4. The van der Waals surface area contributed by atoms with Gasteiger partial charge in [0.25, 0.3) is 0 Å². The monoisotopic (exact) mass is 461 g/mol. The van der Waals surface area contributed by atoms with Crippen LogP contribution in [0.2, 0.25) is 5.02 Å². The molecule has 3 aromatic carbocycles. The van der Waals surface area contributed by atoms with E-state index < -0.39 is 13.0 Å². The summed E-state index contributed by atoms with van der Waals surface area (Å²) in [6.07, 6.45) is -4.76. The lowest BCUT2D eigenvalue weighted by molar-refractivity contribution is -0.274. The van der Waals surface area contributed by atoms with Crippen LogP contribution >= 0.6 is 11.6 Å². The van der Waals surface area contributed by atoms with Gasteiger partial charge in [0.05, 0.1) is 12.3 Å². The zero-order chi connectivity index (χ0) is 22.9. The van der Waals surface area contributed by atoms with Gasteiger partial charge in [-0.25, -0.2) is 0 Å². The first-order valence-corrected chi connectivity index (χ1v) is 9.71. The van der Waals surface area contributed by atoms with Gasteiger partial charge in [0.1, 0.15) is 17.2 Å². The van der Waals surface area contributed by atoms with Gasteiger partial charge in [-0.2, -0.15) is 0 Å². The van der Waals surface area contributed by atoms with Crippen LogP contribution in [0.4, 0.5) is 13.2 Å². The molecule has 0 saturated carbocycles. The van der Waals surface area contributed by atoms with Crippen molar-refractivity contribution in [3.05, 3.63) is 87.5 Å². The van der Waals surface area contributed by atoms with E-state index in [4.69, 9.17) is 16.3 Å². The van der Waals surface area contributed by atoms with Crippen LogP contribution in [0.1, 0.15) is 5.56 Å². The Morgan fingerprint density at radius 2 is 1.50 bits per heavy atom. The van der Waals surface area contributed by atoms with E-state index in [0.717, 1.165) is 12.1 Å². The molecule has 0 amide bonds. The number of aromatic nitrogens is 1. The smallest absolute Gasteiger partial charge is 0.457 e. The zero-order valence-electron chi connectivity index (χ0n) is 16.2. The summed E-state index contributed by atoms with van der Waals surface area (Å²) in [5, 5.41) is 10.6. The summed E-state index contributed by atoms with van der Waals surface area (Å²) in [6, 6.07) is 16.6. The van der Waals surface area contributed by atoms with Gasteiger partial charge in [0.15, 0.2) is 5.43 Å². The molecule has 9 heteroatoms. The van der Waals surface area contributed by atoms with Crippen molar-refractivity contribution >= 4 is 22.5 Å². The number of H-pyrrole nitrogens is 1. The number of nitrogens with one attached hydrogen (secondary N) is 1. The highest BCUT2D eigenvalue weighted by molar-refractivity contribution is 6.31. The van der Waals surface area contributed by atoms with Gasteiger partial charge in [-0.15, -0.1) is 13.2 Å². The van der Waals surface area contributed by atoms with Crippen molar-refractivity contribution in [3.8, 4) is 28.5 Å². The number of alkyl halides is 3. The molecule has 0 saturated heterocycles. The van der Waals surface area contributed by atoms with Crippen LogP contribution in [-0.2, 0) is 6.61 Å². The molecule has 4 rings (SSSR count). The summed E-state index contributed by atoms with van der Waals surface area (Å²) in [4.78, 5) is 15.9. The van der Waals surface area contributed by atoms with Crippen LogP contribution in [0.15, 0.2) is 71.5 Å². The average molecular weight is 462 g/mol. The zero-order valence-corrected chi connectivity index (χ0v) is 17.0. The van der Waals surface area contributed by atoms with Crippen molar-refractivity contribution in [2.75, 3.05) is 0 Å². The molecule has 0 spiro atoms. The highest BCUT2D eigenvalue weighted by atomic mass is 35.5. The molecule has 4 aromatic rings. The third-order valence-electron chi connectivity index (χ3n) is 4.66. The topological polar surface area (TPSA) is 71.6 Å². The molecule has 0 bridgehead atoms. The molecule has 164 valence electrons. The number of hydrogen-bond donors (Lipinski definition) is 2. The van der Waals surface area contributed by atoms with E-state index in [2.05, 4.69) is 9.72 Å². The summed E-state index contributed by atoms with van der Waals surface area (Å²) in [5.74, 6) is 0.399. The first-order valence-electron chi connectivity index (χ1n) is 9.33. The average Bonchev–Trinajstić information content (AvgIpc) is 2.75. The van der Waals surface area contributed by atoms with E-state index in [1.165, 1.54) is 12.1 Å². The van der Waals surface area contributed by atoms with E-state index in [1.54, 1.807) is 42.5 Å². The fourth-order valence-electron chi connectivity index (χ4n) is 3.23. The van der Waals surface area contributed by atoms with Crippen molar-refractivity contribution < 1.29 is 27.8 Å². The van der Waals surface area contributed by atoms with E-state index in [9.17, 15) is 23.1 Å². The lowest BCUT2D eigenvalue weighted by Crippen LogP contribution is -2.16. The molecule has 0 radical (unpaired) electrons. The summed E-state index contributed by atoms with van der Waals surface area (Å²) >= 11 is 5.98. The first-order chi connectivity index (χ1) is 15.2. The molecule has 0 aliphatic heterocycles. The normalized spacial score (nSPS) is 11.5. The van der Waals surface area contributed by atoms with Crippen LogP contribution in [0.25, 0.3) is 22.2 Å². The second-order valence-corrected chi connectivity index (χ2v) is 7.24. The van der Waals surface area contributed by atoms with Crippen LogP contribution in [-0.4, -0.2) is 16.5 Å². The molecule has 0 aliphatic rings. The highest BCUT2D eigenvalue weighted by Crippen LogP contribution is 2.30. The van der Waals surface area contributed by atoms with E-state index >= 15 is 0 Å². The number of rotatable bonds is 5. The Kier molecular flexibility index (Phi) is 5.82. The lowest BCUT2D eigenvalue weighted by atomic mass is 10.0. The van der Waals surface area contributed by atoms with Gasteiger partial charge >= 0.3 is 6.36 Å². The predicted octanol–water partition coefficient (Wildman–Crippen LogP) is 6.03. The van der Waals surface area contributed by atoms with Crippen LogP contribution < -0.4 is 14.9 Å². The fraction of sp³-hybridized carbons (Fsp3) is 0.0870. The second kappa shape index (κ2) is 8.57. The number of pyridine rings is 1. The highest BCUT2D eigenvalue weighted by Gasteiger charge is 2.31.